The zero-order valence-electron chi connectivity index (χ0n) is 14.0. The number of piperidine rings is 1. The first kappa shape index (κ1) is 21.1. The second-order valence-electron chi connectivity index (χ2n) is 6.75. The van der Waals surface area contributed by atoms with Crippen molar-refractivity contribution >= 4 is 36.4 Å². The highest BCUT2D eigenvalue weighted by Gasteiger charge is 2.28. The van der Waals surface area contributed by atoms with E-state index in [1.165, 1.54) is 5.69 Å². The lowest BCUT2D eigenvalue weighted by molar-refractivity contribution is -0.126. The molecule has 3 atom stereocenters. The van der Waals surface area contributed by atoms with Crippen LogP contribution in [-0.4, -0.2) is 31.1 Å². The molecule has 0 bridgehead atoms. The highest BCUT2D eigenvalue weighted by Crippen LogP contribution is 2.24. The Balaban J connectivity index is 0.00000144. The first-order valence-electron chi connectivity index (χ1n) is 8.58. The number of anilines is 1. The molecule has 4 nitrogen and oxygen atoms in total. The summed E-state index contributed by atoms with van der Waals surface area (Å²) in [4.78, 5) is 14.8. The Kier molecular flexibility index (Phi) is 8.88. The van der Waals surface area contributed by atoms with E-state index in [-0.39, 0.29) is 48.7 Å². The number of halogens is 2. The minimum absolute atomic E-state index is 0. The third kappa shape index (κ3) is 5.54. The van der Waals surface area contributed by atoms with Crippen molar-refractivity contribution in [1.29, 1.82) is 0 Å². The fraction of sp³-hybridized carbons (Fsp3) is 0.611. The van der Waals surface area contributed by atoms with Crippen molar-refractivity contribution in [2.45, 2.75) is 50.6 Å². The zero-order chi connectivity index (χ0) is 15.4. The predicted octanol–water partition coefficient (Wildman–Crippen LogP) is 3.13. The molecule has 3 unspecified atom stereocenters. The number of amides is 1. The maximum Gasteiger partial charge on any atom is 0.223 e. The van der Waals surface area contributed by atoms with Gasteiger partial charge in [0.25, 0.3) is 0 Å². The van der Waals surface area contributed by atoms with E-state index in [1.54, 1.807) is 0 Å². The van der Waals surface area contributed by atoms with Crippen molar-refractivity contribution in [3.63, 3.8) is 0 Å². The number of carbonyl (C=O) groups excluding carboxylic acids is 1. The van der Waals surface area contributed by atoms with Crippen molar-refractivity contribution in [2.75, 3.05) is 18.0 Å². The van der Waals surface area contributed by atoms with Crippen LogP contribution in [0.2, 0.25) is 0 Å². The van der Waals surface area contributed by atoms with Crippen LogP contribution in [0, 0.1) is 5.92 Å². The molecule has 2 aliphatic rings. The number of carbonyl (C=O) groups is 1. The highest BCUT2D eigenvalue weighted by molar-refractivity contribution is 5.85. The maximum atomic E-state index is 12.5. The fourth-order valence-electron chi connectivity index (χ4n) is 3.75. The number of nitrogens with zero attached hydrogens (tertiary/aromatic N) is 1. The monoisotopic (exact) mass is 373 g/mol. The number of nitrogens with two attached hydrogens (primary N) is 1. The van der Waals surface area contributed by atoms with E-state index in [9.17, 15) is 4.79 Å². The molecule has 0 aromatic heterocycles. The summed E-state index contributed by atoms with van der Waals surface area (Å²) >= 11 is 0. The molecule has 6 heteroatoms. The molecule has 1 aliphatic heterocycles. The molecule has 0 spiro atoms. The van der Waals surface area contributed by atoms with Crippen LogP contribution in [0.4, 0.5) is 5.69 Å². The van der Waals surface area contributed by atoms with Gasteiger partial charge >= 0.3 is 0 Å². The fourth-order valence-corrected chi connectivity index (χ4v) is 3.75. The second-order valence-corrected chi connectivity index (χ2v) is 6.75. The van der Waals surface area contributed by atoms with Crippen LogP contribution in [0.25, 0.3) is 0 Å². The zero-order valence-corrected chi connectivity index (χ0v) is 15.7. The Morgan fingerprint density at radius 1 is 1.08 bits per heavy atom. The summed E-state index contributed by atoms with van der Waals surface area (Å²) in [6, 6.07) is 10.9. The van der Waals surface area contributed by atoms with Crippen molar-refractivity contribution < 1.29 is 4.79 Å². The standard InChI is InChI=1S/C18H27N3O.2ClH/c19-15-7-4-6-14(12-15)18(22)20-16-8-5-11-21(13-16)17-9-2-1-3-10-17;;/h1-3,9-10,14-16H,4-8,11-13,19H2,(H,20,22);2*1H. The topological polar surface area (TPSA) is 58.4 Å². The maximum absolute atomic E-state index is 12.5. The molecule has 1 heterocycles. The van der Waals surface area contributed by atoms with E-state index in [1.807, 2.05) is 6.07 Å². The lowest BCUT2D eigenvalue weighted by atomic mass is 9.85. The van der Waals surface area contributed by atoms with Gasteiger partial charge in [-0.3, -0.25) is 4.79 Å². The van der Waals surface area contributed by atoms with Crippen LogP contribution >= 0.6 is 24.8 Å². The van der Waals surface area contributed by atoms with Gasteiger partial charge in [-0.05, 0) is 44.2 Å². The molecule has 1 saturated heterocycles. The minimum atomic E-state index is 0. The summed E-state index contributed by atoms with van der Waals surface area (Å²) in [6.45, 7) is 1.99. The first-order chi connectivity index (χ1) is 10.7. The van der Waals surface area contributed by atoms with Gasteiger partial charge < -0.3 is 16.0 Å². The van der Waals surface area contributed by atoms with Gasteiger partial charge in [0.15, 0.2) is 0 Å². The van der Waals surface area contributed by atoms with Gasteiger partial charge in [0, 0.05) is 36.8 Å². The van der Waals surface area contributed by atoms with Crippen molar-refractivity contribution in [3.8, 4) is 0 Å². The van der Waals surface area contributed by atoms with E-state index in [0.717, 1.165) is 51.6 Å². The van der Waals surface area contributed by atoms with Gasteiger partial charge in [-0.2, -0.15) is 0 Å². The van der Waals surface area contributed by atoms with Crippen molar-refractivity contribution in [1.82, 2.24) is 5.32 Å². The summed E-state index contributed by atoms with van der Waals surface area (Å²) in [5, 5.41) is 3.27. The van der Waals surface area contributed by atoms with Crippen LogP contribution in [0.15, 0.2) is 30.3 Å². The van der Waals surface area contributed by atoms with Gasteiger partial charge in [-0.1, -0.05) is 24.6 Å². The van der Waals surface area contributed by atoms with Crippen LogP contribution in [0.5, 0.6) is 0 Å². The number of hydrogen-bond donors (Lipinski definition) is 2. The Bertz CT molecular complexity index is 500. The van der Waals surface area contributed by atoms with Crippen LogP contribution < -0.4 is 16.0 Å². The van der Waals surface area contributed by atoms with Gasteiger partial charge in [-0.15, -0.1) is 24.8 Å². The molecule has 1 aromatic rings. The van der Waals surface area contributed by atoms with Gasteiger partial charge in [0.1, 0.15) is 0 Å². The summed E-state index contributed by atoms with van der Waals surface area (Å²) in [5.74, 6) is 0.339. The van der Waals surface area contributed by atoms with Crippen molar-refractivity contribution in [2.24, 2.45) is 11.7 Å². The van der Waals surface area contributed by atoms with Gasteiger partial charge in [-0.25, -0.2) is 0 Å². The van der Waals surface area contributed by atoms with E-state index in [4.69, 9.17) is 5.73 Å². The lowest BCUT2D eigenvalue weighted by Crippen LogP contribution is -2.50. The SMILES string of the molecule is Cl.Cl.NC1CCCC(C(=O)NC2CCCN(c3ccccc3)C2)C1. The molecule has 2 fully saturated rings. The molecule has 24 heavy (non-hydrogen) atoms. The molecule has 3 N–H and O–H groups in total. The number of para-hydroxylation sites is 1. The summed E-state index contributed by atoms with van der Waals surface area (Å²) in [5.41, 5.74) is 7.26. The third-order valence-corrected chi connectivity index (χ3v) is 4.97. The molecule has 136 valence electrons. The van der Waals surface area contributed by atoms with E-state index >= 15 is 0 Å². The molecular formula is C18H29Cl2N3O. The normalized spacial score (nSPS) is 26.7. The molecular weight excluding hydrogens is 345 g/mol. The second kappa shape index (κ2) is 10.1. The summed E-state index contributed by atoms with van der Waals surface area (Å²) in [6.07, 6.45) is 6.20. The molecule has 1 amide bonds. The highest BCUT2D eigenvalue weighted by atomic mass is 35.5. The van der Waals surface area contributed by atoms with E-state index in [2.05, 4.69) is 34.5 Å². The number of nitrogens with one attached hydrogen (secondary N) is 1. The first-order valence-corrected chi connectivity index (χ1v) is 8.58. The van der Waals surface area contributed by atoms with E-state index < -0.39 is 0 Å². The van der Waals surface area contributed by atoms with Crippen LogP contribution in [0.3, 0.4) is 0 Å². The molecule has 0 radical (unpaired) electrons. The smallest absolute Gasteiger partial charge is 0.223 e. The lowest BCUT2D eigenvalue weighted by Gasteiger charge is -2.36. The molecule has 1 saturated carbocycles. The molecule has 1 aromatic carbocycles. The van der Waals surface area contributed by atoms with Gasteiger partial charge in [0.05, 0.1) is 0 Å². The van der Waals surface area contributed by atoms with Crippen LogP contribution in [-0.2, 0) is 4.79 Å². The molecule has 3 rings (SSSR count). The van der Waals surface area contributed by atoms with Crippen molar-refractivity contribution in [3.05, 3.63) is 30.3 Å². The third-order valence-electron chi connectivity index (χ3n) is 4.97. The number of hydrogen-bond acceptors (Lipinski definition) is 3. The number of rotatable bonds is 3. The Labute approximate surface area is 157 Å². The Morgan fingerprint density at radius 2 is 1.83 bits per heavy atom. The van der Waals surface area contributed by atoms with Crippen LogP contribution in [0.1, 0.15) is 38.5 Å². The summed E-state index contributed by atoms with van der Waals surface area (Å²) in [7, 11) is 0. The quantitative estimate of drug-likeness (QED) is 0.855. The van der Waals surface area contributed by atoms with Gasteiger partial charge in [0.2, 0.25) is 5.91 Å². The Morgan fingerprint density at radius 3 is 2.54 bits per heavy atom. The average Bonchev–Trinajstić information content (AvgIpc) is 2.56. The summed E-state index contributed by atoms with van der Waals surface area (Å²) < 4.78 is 0. The number of benzene rings is 1. The average molecular weight is 374 g/mol. The minimum Gasteiger partial charge on any atom is -0.369 e. The largest absolute Gasteiger partial charge is 0.369 e. The Hall–Kier alpha value is -0.970. The molecule has 1 aliphatic carbocycles. The predicted molar refractivity (Wildman–Crippen MR) is 104 cm³/mol. The van der Waals surface area contributed by atoms with E-state index in [0.29, 0.717) is 0 Å².